The van der Waals surface area contributed by atoms with Crippen molar-refractivity contribution >= 4 is 11.3 Å². The highest BCUT2D eigenvalue weighted by Gasteiger charge is 2.12. The van der Waals surface area contributed by atoms with Crippen LogP contribution in [0.4, 0.5) is 5.69 Å². The Morgan fingerprint density at radius 1 is 1.22 bits per heavy atom. The number of pyridine rings is 1. The SMILES string of the molecule is C[C@@H](NCCc1ccc([N+](=O)[O-])cc1)c1nnc2ccccn12. The molecule has 23 heavy (non-hydrogen) atoms. The van der Waals surface area contributed by atoms with Crippen LogP contribution in [-0.4, -0.2) is 26.1 Å². The van der Waals surface area contributed by atoms with E-state index in [1.54, 1.807) is 12.1 Å². The number of nitro benzene ring substituents is 1. The maximum absolute atomic E-state index is 10.6. The second-order valence-electron chi connectivity index (χ2n) is 5.34. The zero-order chi connectivity index (χ0) is 16.2. The third kappa shape index (κ3) is 3.35. The largest absolute Gasteiger partial charge is 0.307 e. The van der Waals surface area contributed by atoms with Crippen molar-refractivity contribution in [3.05, 3.63) is 70.2 Å². The van der Waals surface area contributed by atoms with E-state index in [0.29, 0.717) is 0 Å². The summed E-state index contributed by atoms with van der Waals surface area (Å²) in [4.78, 5) is 10.2. The summed E-state index contributed by atoms with van der Waals surface area (Å²) in [5.74, 6) is 0.865. The third-order valence-electron chi connectivity index (χ3n) is 3.74. The first-order valence-electron chi connectivity index (χ1n) is 7.41. The van der Waals surface area contributed by atoms with Gasteiger partial charge >= 0.3 is 0 Å². The first-order valence-corrected chi connectivity index (χ1v) is 7.41. The third-order valence-corrected chi connectivity index (χ3v) is 3.74. The van der Waals surface area contributed by atoms with Crippen LogP contribution in [0, 0.1) is 10.1 Å². The lowest BCUT2D eigenvalue weighted by molar-refractivity contribution is -0.384. The lowest BCUT2D eigenvalue weighted by atomic mass is 10.1. The van der Waals surface area contributed by atoms with Crippen LogP contribution in [0.15, 0.2) is 48.7 Å². The van der Waals surface area contributed by atoms with Crippen molar-refractivity contribution in [2.45, 2.75) is 19.4 Å². The Hall–Kier alpha value is -2.80. The van der Waals surface area contributed by atoms with Crippen molar-refractivity contribution in [3.8, 4) is 0 Å². The van der Waals surface area contributed by atoms with Crippen LogP contribution in [0.2, 0.25) is 0 Å². The molecule has 0 aliphatic rings. The summed E-state index contributed by atoms with van der Waals surface area (Å²) >= 11 is 0. The number of nitrogens with one attached hydrogen (secondary N) is 1. The first-order chi connectivity index (χ1) is 11.1. The molecule has 2 aromatic heterocycles. The van der Waals surface area contributed by atoms with Crippen molar-refractivity contribution < 1.29 is 4.92 Å². The minimum atomic E-state index is -0.388. The van der Waals surface area contributed by atoms with Gasteiger partial charge in [-0.25, -0.2) is 0 Å². The molecule has 0 fully saturated rings. The molecule has 7 heteroatoms. The smallest absolute Gasteiger partial charge is 0.269 e. The molecule has 0 aliphatic carbocycles. The molecule has 2 heterocycles. The van der Waals surface area contributed by atoms with Gasteiger partial charge in [-0.05, 0) is 37.6 Å². The van der Waals surface area contributed by atoms with E-state index in [2.05, 4.69) is 15.5 Å². The van der Waals surface area contributed by atoms with Gasteiger partial charge in [0.25, 0.3) is 5.69 Å². The Kier molecular flexibility index (Phi) is 4.29. The van der Waals surface area contributed by atoms with E-state index in [1.807, 2.05) is 35.7 Å². The molecular formula is C16H17N5O2. The normalized spacial score (nSPS) is 12.4. The summed E-state index contributed by atoms with van der Waals surface area (Å²) in [6.07, 6.45) is 2.73. The van der Waals surface area contributed by atoms with E-state index in [4.69, 9.17) is 0 Å². The van der Waals surface area contributed by atoms with E-state index in [9.17, 15) is 10.1 Å². The van der Waals surface area contributed by atoms with Crippen LogP contribution in [0.3, 0.4) is 0 Å². The van der Waals surface area contributed by atoms with E-state index >= 15 is 0 Å². The molecule has 118 valence electrons. The summed E-state index contributed by atoms with van der Waals surface area (Å²) in [5, 5.41) is 22.4. The number of fused-ring (bicyclic) bond motifs is 1. The highest BCUT2D eigenvalue weighted by molar-refractivity contribution is 5.37. The van der Waals surface area contributed by atoms with Gasteiger partial charge < -0.3 is 5.32 Å². The molecule has 3 rings (SSSR count). The predicted molar refractivity (Wildman–Crippen MR) is 86.2 cm³/mol. The van der Waals surface area contributed by atoms with Crippen LogP contribution in [0.25, 0.3) is 5.65 Å². The van der Waals surface area contributed by atoms with E-state index in [1.165, 1.54) is 12.1 Å². The number of rotatable bonds is 6. The van der Waals surface area contributed by atoms with E-state index in [0.717, 1.165) is 30.0 Å². The van der Waals surface area contributed by atoms with Crippen LogP contribution < -0.4 is 5.32 Å². The molecule has 0 saturated heterocycles. The average Bonchev–Trinajstić information content (AvgIpc) is 2.99. The van der Waals surface area contributed by atoms with Gasteiger partial charge in [0, 0.05) is 18.3 Å². The zero-order valence-corrected chi connectivity index (χ0v) is 12.7. The van der Waals surface area contributed by atoms with E-state index in [-0.39, 0.29) is 16.7 Å². The molecular weight excluding hydrogens is 294 g/mol. The van der Waals surface area contributed by atoms with Crippen LogP contribution in [0.1, 0.15) is 24.4 Å². The van der Waals surface area contributed by atoms with Crippen molar-refractivity contribution in [2.24, 2.45) is 0 Å². The number of hydrogen-bond acceptors (Lipinski definition) is 5. The molecule has 1 N–H and O–H groups in total. The van der Waals surface area contributed by atoms with Gasteiger partial charge in [0.05, 0.1) is 11.0 Å². The molecule has 0 amide bonds. The molecule has 0 saturated carbocycles. The molecule has 3 aromatic rings. The lowest BCUT2D eigenvalue weighted by Gasteiger charge is -2.12. The monoisotopic (exact) mass is 311 g/mol. The number of non-ortho nitro benzene ring substituents is 1. The highest BCUT2D eigenvalue weighted by atomic mass is 16.6. The minimum absolute atomic E-state index is 0.0606. The number of nitro groups is 1. The zero-order valence-electron chi connectivity index (χ0n) is 12.7. The maximum Gasteiger partial charge on any atom is 0.269 e. The first kappa shape index (κ1) is 15.1. The molecule has 1 aromatic carbocycles. The van der Waals surface area contributed by atoms with Crippen LogP contribution in [-0.2, 0) is 6.42 Å². The Labute approximate surface area is 133 Å². The topological polar surface area (TPSA) is 85.4 Å². The van der Waals surface area contributed by atoms with Gasteiger partial charge in [0.15, 0.2) is 11.5 Å². The Balaban J connectivity index is 1.59. The molecule has 0 aliphatic heterocycles. The number of hydrogen-bond donors (Lipinski definition) is 1. The minimum Gasteiger partial charge on any atom is -0.307 e. The quantitative estimate of drug-likeness (QED) is 0.558. The van der Waals surface area contributed by atoms with Crippen molar-refractivity contribution in [3.63, 3.8) is 0 Å². The summed E-state index contributed by atoms with van der Waals surface area (Å²) in [5.41, 5.74) is 2.00. The Morgan fingerprint density at radius 3 is 2.74 bits per heavy atom. The van der Waals surface area contributed by atoms with Gasteiger partial charge in [0.2, 0.25) is 0 Å². The number of aromatic nitrogens is 3. The molecule has 0 bridgehead atoms. The fourth-order valence-corrected chi connectivity index (χ4v) is 2.46. The second-order valence-corrected chi connectivity index (χ2v) is 5.34. The molecule has 0 unspecified atom stereocenters. The Morgan fingerprint density at radius 2 is 2.00 bits per heavy atom. The predicted octanol–water partition coefficient (Wildman–Crippen LogP) is 2.53. The van der Waals surface area contributed by atoms with Gasteiger partial charge in [-0.3, -0.25) is 14.5 Å². The van der Waals surface area contributed by atoms with Crippen molar-refractivity contribution in [2.75, 3.05) is 6.54 Å². The maximum atomic E-state index is 10.6. The second kappa shape index (κ2) is 6.53. The van der Waals surface area contributed by atoms with Crippen molar-refractivity contribution in [1.29, 1.82) is 0 Å². The highest BCUT2D eigenvalue weighted by Crippen LogP contribution is 2.14. The number of nitrogens with zero attached hydrogens (tertiary/aromatic N) is 4. The van der Waals surface area contributed by atoms with Gasteiger partial charge in [-0.1, -0.05) is 18.2 Å². The Bertz CT molecular complexity index is 813. The van der Waals surface area contributed by atoms with Gasteiger partial charge in [0.1, 0.15) is 0 Å². The van der Waals surface area contributed by atoms with E-state index < -0.39 is 0 Å². The molecule has 7 nitrogen and oxygen atoms in total. The fraction of sp³-hybridized carbons (Fsp3) is 0.250. The van der Waals surface area contributed by atoms with Crippen molar-refractivity contribution in [1.82, 2.24) is 19.9 Å². The average molecular weight is 311 g/mol. The van der Waals surface area contributed by atoms with Crippen LogP contribution in [0.5, 0.6) is 0 Å². The fourth-order valence-electron chi connectivity index (χ4n) is 2.46. The molecule has 0 radical (unpaired) electrons. The summed E-state index contributed by atoms with van der Waals surface area (Å²) < 4.78 is 1.96. The van der Waals surface area contributed by atoms with Crippen LogP contribution >= 0.6 is 0 Å². The standard InChI is InChI=1S/C16H17N5O2/c1-12(16-19-18-15-4-2-3-11-20(15)16)17-10-9-13-5-7-14(8-6-13)21(22)23/h2-8,11-12,17H,9-10H2,1H3/t12-/m1/s1. The summed E-state index contributed by atoms with van der Waals surface area (Å²) in [6.45, 7) is 2.79. The molecule has 1 atom stereocenters. The molecule has 0 spiro atoms. The van der Waals surface area contributed by atoms with Gasteiger partial charge in [-0.2, -0.15) is 0 Å². The van der Waals surface area contributed by atoms with Gasteiger partial charge in [-0.15, -0.1) is 10.2 Å². The summed E-state index contributed by atoms with van der Waals surface area (Å²) in [6, 6.07) is 12.5. The summed E-state index contributed by atoms with van der Waals surface area (Å²) in [7, 11) is 0. The number of benzene rings is 1. The lowest BCUT2D eigenvalue weighted by Crippen LogP contribution is -2.23.